The van der Waals surface area contributed by atoms with Crippen molar-refractivity contribution in [3.05, 3.63) is 48.4 Å². The summed E-state index contributed by atoms with van der Waals surface area (Å²) in [6.07, 6.45) is 7.92. The van der Waals surface area contributed by atoms with Crippen LogP contribution in [-0.4, -0.2) is 32.9 Å². The van der Waals surface area contributed by atoms with Gasteiger partial charge in [-0.2, -0.15) is 0 Å². The summed E-state index contributed by atoms with van der Waals surface area (Å²) in [5.74, 6) is 0.422. The maximum Gasteiger partial charge on any atom is 0.318 e. The Hall–Kier alpha value is -2.30. The summed E-state index contributed by atoms with van der Waals surface area (Å²) in [6.45, 7) is 5.42. The van der Waals surface area contributed by atoms with Gasteiger partial charge in [0.05, 0.1) is 24.5 Å². The number of fused-ring (bicyclic) bond motifs is 1. The van der Waals surface area contributed by atoms with Gasteiger partial charge in [0.25, 0.3) is 0 Å². The predicted octanol–water partition coefficient (Wildman–Crippen LogP) is 2.44. The highest BCUT2D eigenvalue weighted by Crippen LogP contribution is 2.17. The predicted molar refractivity (Wildman–Crippen MR) is 81.9 cm³/mol. The number of carbonyl (C=O) groups excluding carboxylic acids is 1. The monoisotopic (exact) mass is 284 g/mol. The van der Waals surface area contributed by atoms with Gasteiger partial charge < -0.3 is 14.6 Å². The third-order valence-electron chi connectivity index (χ3n) is 3.85. The van der Waals surface area contributed by atoms with Gasteiger partial charge in [-0.3, -0.25) is 0 Å². The minimum Gasteiger partial charge on any atom is -0.332 e. The molecule has 110 valence electrons. The number of aromatic nitrogens is 2. The van der Waals surface area contributed by atoms with Crippen molar-refractivity contribution < 1.29 is 4.79 Å². The Labute approximate surface area is 124 Å². The fraction of sp³-hybridized carbons (Fsp3) is 0.375. The molecule has 0 aliphatic carbocycles. The number of rotatable bonds is 3. The molecule has 2 aromatic rings. The highest BCUT2D eigenvalue weighted by Gasteiger charge is 2.26. The summed E-state index contributed by atoms with van der Waals surface area (Å²) in [7, 11) is 0. The van der Waals surface area contributed by atoms with Gasteiger partial charge in [0, 0.05) is 12.7 Å². The van der Waals surface area contributed by atoms with Crippen LogP contribution in [0.15, 0.2) is 42.7 Å². The van der Waals surface area contributed by atoms with Crippen molar-refractivity contribution in [1.82, 2.24) is 19.6 Å². The molecule has 0 saturated carbocycles. The fourth-order valence-electron chi connectivity index (χ4n) is 2.72. The number of nitrogens with zero attached hydrogens (tertiary/aromatic N) is 3. The molecule has 2 amide bonds. The van der Waals surface area contributed by atoms with E-state index in [1.165, 1.54) is 0 Å². The number of hydrogen-bond donors (Lipinski definition) is 1. The molecule has 3 heterocycles. The Bertz CT molecular complexity index is 674. The Morgan fingerprint density at radius 1 is 1.48 bits per heavy atom. The first kappa shape index (κ1) is 13.7. The second-order valence-electron chi connectivity index (χ2n) is 5.65. The van der Waals surface area contributed by atoms with Crippen molar-refractivity contribution in [2.45, 2.75) is 26.4 Å². The molecule has 0 fully saturated rings. The quantitative estimate of drug-likeness (QED) is 0.880. The zero-order valence-corrected chi connectivity index (χ0v) is 12.4. The van der Waals surface area contributed by atoms with E-state index < -0.39 is 0 Å². The molecule has 5 heteroatoms. The third kappa shape index (κ3) is 2.63. The normalized spacial score (nSPS) is 17.9. The second kappa shape index (κ2) is 5.60. The molecule has 1 atom stereocenters. The highest BCUT2D eigenvalue weighted by atomic mass is 16.2. The van der Waals surface area contributed by atoms with Crippen LogP contribution in [0.3, 0.4) is 0 Å². The number of urea groups is 1. The summed E-state index contributed by atoms with van der Waals surface area (Å²) in [5.41, 5.74) is 1.87. The van der Waals surface area contributed by atoms with Crippen LogP contribution >= 0.6 is 0 Å². The number of carbonyl (C=O) groups is 1. The molecule has 0 spiro atoms. The van der Waals surface area contributed by atoms with Crippen LogP contribution in [-0.2, 0) is 6.54 Å². The minimum absolute atomic E-state index is 0.0235. The standard InChI is InChI=1S/C16H20N4O/c1-12(2)14-6-5-9-20(14)16(21)18-11-13-10-17-15-7-3-4-8-19(13)15/h3-8,10,12,14H,9,11H2,1-2H3,(H,18,21)/t14-/m1/s1. The molecule has 0 radical (unpaired) electrons. The van der Waals surface area contributed by atoms with Crippen LogP contribution in [0.4, 0.5) is 4.79 Å². The topological polar surface area (TPSA) is 49.6 Å². The zero-order valence-electron chi connectivity index (χ0n) is 12.4. The van der Waals surface area contributed by atoms with Crippen molar-refractivity contribution in [1.29, 1.82) is 0 Å². The lowest BCUT2D eigenvalue weighted by molar-refractivity contribution is 0.185. The molecular weight excluding hydrogens is 264 g/mol. The maximum atomic E-state index is 12.3. The van der Waals surface area contributed by atoms with Crippen molar-refractivity contribution in [3.8, 4) is 0 Å². The summed E-state index contributed by atoms with van der Waals surface area (Å²) in [5, 5.41) is 2.99. The van der Waals surface area contributed by atoms with E-state index in [0.29, 0.717) is 19.0 Å². The fourth-order valence-corrected chi connectivity index (χ4v) is 2.72. The van der Waals surface area contributed by atoms with Gasteiger partial charge in [-0.15, -0.1) is 0 Å². The van der Waals surface area contributed by atoms with Crippen LogP contribution in [0.1, 0.15) is 19.5 Å². The molecule has 3 rings (SSSR count). The lowest BCUT2D eigenvalue weighted by Crippen LogP contribution is -2.44. The van der Waals surface area contributed by atoms with E-state index in [1.54, 1.807) is 6.20 Å². The molecule has 0 bridgehead atoms. The van der Waals surface area contributed by atoms with Crippen LogP contribution < -0.4 is 5.32 Å². The van der Waals surface area contributed by atoms with Crippen molar-refractivity contribution >= 4 is 11.7 Å². The van der Waals surface area contributed by atoms with Gasteiger partial charge in [-0.25, -0.2) is 9.78 Å². The molecule has 0 aromatic carbocycles. The van der Waals surface area contributed by atoms with Crippen molar-refractivity contribution in [2.24, 2.45) is 5.92 Å². The van der Waals surface area contributed by atoms with E-state index in [4.69, 9.17) is 0 Å². The summed E-state index contributed by atoms with van der Waals surface area (Å²) in [6, 6.07) is 6.02. The van der Waals surface area contributed by atoms with E-state index >= 15 is 0 Å². The molecule has 0 unspecified atom stereocenters. The first-order valence-electron chi connectivity index (χ1n) is 7.29. The molecule has 0 saturated heterocycles. The average Bonchev–Trinajstić information content (AvgIpc) is 3.12. The van der Waals surface area contributed by atoms with Crippen LogP contribution in [0.2, 0.25) is 0 Å². The number of nitrogens with one attached hydrogen (secondary N) is 1. The minimum atomic E-state index is -0.0235. The van der Waals surface area contributed by atoms with E-state index in [2.05, 4.69) is 36.3 Å². The highest BCUT2D eigenvalue weighted by molar-refractivity contribution is 5.75. The zero-order chi connectivity index (χ0) is 14.8. The number of imidazole rings is 1. The average molecular weight is 284 g/mol. The van der Waals surface area contributed by atoms with Gasteiger partial charge in [0.1, 0.15) is 5.65 Å². The van der Waals surface area contributed by atoms with E-state index in [0.717, 1.165) is 11.3 Å². The largest absolute Gasteiger partial charge is 0.332 e. The Kier molecular flexibility index (Phi) is 3.64. The summed E-state index contributed by atoms with van der Waals surface area (Å²) in [4.78, 5) is 18.5. The van der Waals surface area contributed by atoms with Crippen molar-refractivity contribution in [3.63, 3.8) is 0 Å². The molecule has 21 heavy (non-hydrogen) atoms. The lowest BCUT2D eigenvalue weighted by atomic mass is 10.1. The van der Waals surface area contributed by atoms with Gasteiger partial charge in [-0.05, 0) is 18.1 Å². The molecule has 1 N–H and O–H groups in total. The Morgan fingerprint density at radius 2 is 2.33 bits per heavy atom. The van der Waals surface area contributed by atoms with Gasteiger partial charge in [0.15, 0.2) is 0 Å². The summed E-state index contributed by atoms with van der Waals surface area (Å²) >= 11 is 0. The lowest BCUT2D eigenvalue weighted by Gasteiger charge is -2.27. The third-order valence-corrected chi connectivity index (χ3v) is 3.85. The van der Waals surface area contributed by atoms with Gasteiger partial charge in [-0.1, -0.05) is 32.1 Å². The molecule has 1 aliphatic rings. The van der Waals surface area contributed by atoms with Crippen LogP contribution in [0.5, 0.6) is 0 Å². The Morgan fingerprint density at radius 3 is 3.14 bits per heavy atom. The van der Waals surface area contributed by atoms with E-state index in [1.807, 2.05) is 33.7 Å². The second-order valence-corrected chi connectivity index (χ2v) is 5.65. The van der Waals surface area contributed by atoms with Gasteiger partial charge in [0.2, 0.25) is 0 Å². The molecule has 2 aromatic heterocycles. The smallest absolute Gasteiger partial charge is 0.318 e. The van der Waals surface area contributed by atoms with E-state index in [-0.39, 0.29) is 12.1 Å². The van der Waals surface area contributed by atoms with Gasteiger partial charge >= 0.3 is 6.03 Å². The first-order chi connectivity index (χ1) is 10.2. The molecule has 5 nitrogen and oxygen atoms in total. The van der Waals surface area contributed by atoms with Crippen LogP contribution in [0, 0.1) is 5.92 Å². The van der Waals surface area contributed by atoms with E-state index in [9.17, 15) is 4.79 Å². The van der Waals surface area contributed by atoms with Crippen molar-refractivity contribution in [2.75, 3.05) is 6.54 Å². The molecular formula is C16H20N4O. The number of amides is 2. The molecule has 1 aliphatic heterocycles. The number of hydrogen-bond acceptors (Lipinski definition) is 2. The number of pyridine rings is 1. The Balaban J connectivity index is 1.66. The SMILES string of the molecule is CC(C)[C@H]1C=CCN1C(=O)NCc1cnc2ccccn12. The first-order valence-corrected chi connectivity index (χ1v) is 7.29. The maximum absolute atomic E-state index is 12.3. The summed E-state index contributed by atoms with van der Waals surface area (Å²) < 4.78 is 1.99. The van der Waals surface area contributed by atoms with Crippen LogP contribution in [0.25, 0.3) is 5.65 Å².